The van der Waals surface area contributed by atoms with Crippen LogP contribution < -0.4 is 5.32 Å². The van der Waals surface area contributed by atoms with E-state index in [4.69, 9.17) is 0 Å². The number of methoxy groups -OCH3 is 1. The second kappa shape index (κ2) is 4.36. The Bertz CT molecular complexity index is 76.4. The molecule has 0 aliphatic heterocycles. The van der Waals surface area contributed by atoms with E-state index in [2.05, 4.69) is 10.1 Å². The van der Waals surface area contributed by atoms with E-state index in [1.165, 1.54) is 7.11 Å². The van der Waals surface area contributed by atoms with E-state index in [-0.39, 0.29) is 6.54 Å². The quantitative estimate of drug-likeness (QED) is 0.571. The van der Waals surface area contributed by atoms with Crippen LogP contribution in [-0.2, 0) is 4.74 Å². The normalized spacial score (nSPS) is 8.25. The van der Waals surface area contributed by atoms with Crippen molar-refractivity contribution < 1.29 is 13.9 Å². The molecule has 3 nitrogen and oxygen atoms in total. The molecule has 4 heteroatoms. The number of hydrogen-bond donors (Lipinski definition) is 1. The van der Waals surface area contributed by atoms with Crippen molar-refractivity contribution in [1.29, 1.82) is 0 Å². The summed E-state index contributed by atoms with van der Waals surface area (Å²) in [5.41, 5.74) is 0. The summed E-state index contributed by atoms with van der Waals surface area (Å²) < 4.78 is 15.4. The Balaban J connectivity index is 2.99. The predicted molar refractivity (Wildman–Crippen MR) is 26.4 cm³/mol. The number of alkyl halides is 1. The van der Waals surface area contributed by atoms with Gasteiger partial charge in [-0.05, 0) is 0 Å². The van der Waals surface area contributed by atoms with Crippen LogP contribution in [0.1, 0.15) is 0 Å². The summed E-state index contributed by atoms with van der Waals surface area (Å²) in [4.78, 5) is 10.1. The minimum Gasteiger partial charge on any atom is -0.453 e. The zero-order chi connectivity index (χ0) is 6.41. The molecule has 0 saturated heterocycles. The Hall–Kier alpha value is -0.800. The lowest BCUT2D eigenvalue weighted by Gasteiger charge is -1.96. The third kappa shape index (κ3) is 3.39. The van der Waals surface area contributed by atoms with Gasteiger partial charge in [-0.15, -0.1) is 0 Å². The molecule has 0 atom stereocenters. The average Bonchev–Trinajstić information content (AvgIpc) is 1.83. The van der Waals surface area contributed by atoms with Gasteiger partial charge in [0.15, 0.2) is 0 Å². The third-order valence-corrected chi connectivity index (χ3v) is 0.549. The molecule has 0 aliphatic carbocycles. The van der Waals surface area contributed by atoms with Gasteiger partial charge in [0.25, 0.3) is 0 Å². The number of carbonyl (C=O) groups excluding carboxylic acids is 1. The highest BCUT2D eigenvalue weighted by atomic mass is 19.1. The van der Waals surface area contributed by atoms with Crippen LogP contribution in [0.4, 0.5) is 9.18 Å². The largest absolute Gasteiger partial charge is 0.453 e. The second-order valence-electron chi connectivity index (χ2n) is 1.11. The van der Waals surface area contributed by atoms with Crippen LogP contribution in [-0.4, -0.2) is 26.4 Å². The summed E-state index contributed by atoms with van der Waals surface area (Å²) in [6.07, 6.45) is -0.595. The SMILES string of the molecule is COC(=O)NCCF. The summed E-state index contributed by atoms with van der Waals surface area (Å²) in [5.74, 6) is 0. The van der Waals surface area contributed by atoms with Gasteiger partial charge in [0.2, 0.25) is 0 Å². The topological polar surface area (TPSA) is 38.3 Å². The standard InChI is InChI=1S/C4H8FNO2/c1-8-4(7)6-3-2-5/h2-3H2,1H3,(H,6,7). The molecule has 0 unspecified atom stereocenters. The first-order chi connectivity index (χ1) is 3.81. The number of hydrogen-bond acceptors (Lipinski definition) is 2. The van der Waals surface area contributed by atoms with E-state index < -0.39 is 12.8 Å². The second-order valence-corrected chi connectivity index (χ2v) is 1.11. The molecule has 0 bridgehead atoms. The molecule has 0 fully saturated rings. The Morgan fingerprint density at radius 1 is 1.88 bits per heavy atom. The lowest BCUT2D eigenvalue weighted by atomic mass is 10.7. The molecule has 0 heterocycles. The average molecular weight is 121 g/mol. The molecule has 0 saturated carbocycles. The van der Waals surface area contributed by atoms with Gasteiger partial charge in [-0.3, -0.25) is 0 Å². The number of ether oxygens (including phenoxy) is 1. The maximum atomic E-state index is 11.2. The fourth-order valence-electron chi connectivity index (χ4n) is 0.221. The first-order valence-corrected chi connectivity index (χ1v) is 2.19. The van der Waals surface area contributed by atoms with Gasteiger partial charge in [-0.1, -0.05) is 0 Å². The van der Waals surface area contributed by atoms with Crippen LogP contribution in [0.2, 0.25) is 0 Å². The highest BCUT2D eigenvalue weighted by Gasteiger charge is 1.93. The zero-order valence-electron chi connectivity index (χ0n) is 4.61. The number of amides is 1. The Morgan fingerprint density at radius 3 is 2.88 bits per heavy atom. The first kappa shape index (κ1) is 7.20. The number of nitrogens with one attached hydrogen (secondary N) is 1. The van der Waals surface area contributed by atoms with E-state index >= 15 is 0 Å². The molecule has 48 valence electrons. The molecular formula is C4H8FNO2. The lowest BCUT2D eigenvalue weighted by molar-refractivity contribution is 0.170. The van der Waals surface area contributed by atoms with Gasteiger partial charge in [-0.25, -0.2) is 9.18 Å². The van der Waals surface area contributed by atoms with E-state index in [0.717, 1.165) is 0 Å². The molecule has 1 N–H and O–H groups in total. The van der Waals surface area contributed by atoms with Crippen molar-refractivity contribution in [2.45, 2.75) is 0 Å². The summed E-state index contributed by atoms with van der Waals surface area (Å²) in [6.45, 7) is -0.540. The van der Waals surface area contributed by atoms with Crippen molar-refractivity contribution in [1.82, 2.24) is 5.32 Å². The smallest absolute Gasteiger partial charge is 0.406 e. The van der Waals surface area contributed by atoms with Crippen molar-refractivity contribution in [2.75, 3.05) is 20.3 Å². The molecule has 0 aromatic rings. The molecule has 0 radical (unpaired) electrons. The van der Waals surface area contributed by atoms with Gasteiger partial charge < -0.3 is 10.1 Å². The Morgan fingerprint density at radius 2 is 2.50 bits per heavy atom. The number of alkyl carbamates (subject to hydrolysis) is 1. The van der Waals surface area contributed by atoms with E-state index in [1.807, 2.05) is 0 Å². The summed E-state index contributed by atoms with van der Waals surface area (Å²) in [7, 11) is 1.23. The maximum absolute atomic E-state index is 11.2. The predicted octanol–water partition coefficient (Wildman–Crippen LogP) is 0.312. The highest BCUT2D eigenvalue weighted by molar-refractivity contribution is 5.66. The van der Waals surface area contributed by atoms with Gasteiger partial charge >= 0.3 is 6.09 Å². The monoisotopic (exact) mass is 121 g/mol. The molecule has 1 amide bonds. The minimum atomic E-state index is -0.595. The van der Waals surface area contributed by atoms with Crippen molar-refractivity contribution in [3.05, 3.63) is 0 Å². The molecular weight excluding hydrogens is 113 g/mol. The van der Waals surface area contributed by atoms with E-state index in [0.29, 0.717) is 0 Å². The molecule has 0 aliphatic rings. The van der Waals surface area contributed by atoms with Gasteiger partial charge in [-0.2, -0.15) is 0 Å². The van der Waals surface area contributed by atoms with Crippen LogP contribution >= 0.6 is 0 Å². The van der Waals surface area contributed by atoms with Crippen molar-refractivity contribution in [3.63, 3.8) is 0 Å². The van der Waals surface area contributed by atoms with E-state index in [9.17, 15) is 9.18 Å². The van der Waals surface area contributed by atoms with Gasteiger partial charge in [0, 0.05) is 6.54 Å². The maximum Gasteiger partial charge on any atom is 0.406 e. The summed E-state index contributed by atoms with van der Waals surface area (Å²) >= 11 is 0. The summed E-state index contributed by atoms with van der Waals surface area (Å²) in [6, 6.07) is 0. The lowest BCUT2D eigenvalue weighted by Crippen LogP contribution is -2.24. The van der Waals surface area contributed by atoms with Crippen LogP contribution in [0.25, 0.3) is 0 Å². The third-order valence-electron chi connectivity index (χ3n) is 0.549. The summed E-state index contributed by atoms with van der Waals surface area (Å²) in [5, 5.41) is 2.15. The number of rotatable bonds is 2. The first-order valence-electron chi connectivity index (χ1n) is 2.19. The molecule has 0 spiro atoms. The fraction of sp³-hybridized carbons (Fsp3) is 0.750. The molecule has 0 aromatic heterocycles. The number of halogens is 1. The van der Waals surface area contributed by atoms with Gasteiger partial charge in [0.05, 0.1) is 7.11 Å². The zero-order valence-corrected chi connectivity index (χ0v) is 4.61. The Kier molecular flexibility index (Phi) is 3.93. The molecule has 0 aromatic carbocycles. The van der Waals surface area contributed by atoms with Crippen molar-refractivity contribution in [2.24, 2.45) is 0 Å². The van der Waals surface area contributed by atoms with Crippen LogP contribution in [0.3, 0.4) is 0 Å². The van der Waals surface area contributed by atoms with Crippen LogP contribution in [0, 0.1) is 0 Å². The fourth-order valence-corrected chi connectivity index (χ4v) is 0.221. The van der Waals surface area contributed by atoms with Crippen LogP contribution in [0.15, 0.2) is 0 Å². The van der Waals surface area contributed by atoms with Crippen molar-refractivity contribution in [3.8, 4) is 0 Å². The molecule has 8 heavy (non-hydrogen) atoms. The van der Waals surface area contributed by atoms with E-state index in [1.54, 1.807) is 0 Å². The van der Waals surface area contributed by atoms with Gasteiger partial charge in [0.1, 0.15) is 6.67 Å². The molecule has 0 rings (SSSR count). The Labute approximate surface area is 46.8 Å². The highest BCUT2D eigenvalue weighted by Crippen LogP contribution is 1.69. The van der Waals surface area contributed by atoms with Crippen molar-refractivity contribution >= 4 is 6.09 Å². The number of carbonyl (C=O) groups is 1. The van der Waals surface area contributed by atoms with Crippen LogP contribution in [0.5, 0.6) is 0 Å². The minimum absolute atomic E-state index is 0.0205.